The van der Waals surface area contributed by atoms with Crippen molar-refractivity contribution in [2.75, 3.05) is 28.4 Å². The van der Waals surface area contributed by atoms with Crippen molar-refractivity contribution in [1.29, 1.82) is 0 Å². The lowest BCUT2D eigenvalue weighted by Gasteiger charge is -2.17. The predicted molar refractivity (Wildman–Crippen MR) is 65.0 cm³/mol. The number of hydrogen-bond donors (Lipinski definition) is 0. The standard InChI is InChI=1S/C12H20N2O4/c1-8-11(12(17-4)18-5)14-10(7-16-3)9(13-8)6-15-2/h12H,6-7H2,1-5H3. The molecule has 6 nitrogen and oxygen atoms in total. The molecule has 0 saturated heterocycles. The third kappa shape index (κ3) is 3.46. The van der Waals surface area contributed by atoms with E-state index in [2.05, 4.69) is 9.97 Å². The molecule has 0 aliphatic rings. The summed E-state index contributed by atoms with van der Waals surface area (Å²) in [6, 6.07) is 0. The summed E-state index contributed by atoms with van der Waals surface area (Å²) < 4.78 is 20.6. The summed E-state index contributed by atoms with van der Waals surface area (Å²) in [5, 5.41) is 0. The van der Waals surface area contributed by atoms with Gasteiger partial charge in [0.05, 0.1) is 30.3 Å². The lowest BCUT2D eigenvalue weighted by molar-refractivity contribution is -0.109. The van der Waals surface area contributed by atoms with Gasteiger partial charge in [0.2, 0.25) is 6.29 Å². The van der Waals surface area contributed by atoms with Gasteiger partial charge in [-0.05, 0) is 6.92 Å². The fourth-order valence-electron chi connectivity index (χ4n) is 1.66. The maximum Gasteiger partial charge on any atom is 0.202 e. The molecule has 0 radical (unpaired) electrons. The van der Waals surface area contributed by atoms with Gasteiger partial charge in [0, 0.05) is 28.4 Å². The first kappa shape index (κ1) is 15.0. The largest absolute Gasteiger partial charge is 0.378 e. The summed E-state index contributed by atoms with van der Waals surface area (Å²) >= 11 is 0. The zero-order valence-electron chi connectivity index (χ0n) is 11.5. The minimum Gasteiger partial charge on any atom is -0.378 e. The van der Waals surface area contributed by atoms with Gasteiger partial charge in [0.15, 0.2) is 0 Å². The highest BCUT2D eigenvalue weighted by Gasteiger charge is 2.18. The van der Waals surface area contributed by atoms with Gasteiger partial charge in [-0.2, -0.15) is 0 Å². The van der Waals surface area contributed by atoms with Crippen molar-refractivity contribution >= 4 is 0 Å². The molecule has 1 heterocycles. The van der Waals surface area contributed by atoms with Crippen LogP contribution in [0.25, 0.3) is 0 Å². The summed E-state index contributed by atoms with van der Waals surface area (Å²) in [4.78, 5) is 8.98. The van der Waals surface area contributed by atoms with Gasteiger partial charge in [-0.25, -0.2) is 4.98 Å². The Balaban J connectivity index is 3.16. The summed E-state index contributed by atoms with van der Waals surface area (Å²) in [5.41, 5.74) is 2.92. The average Bonchev–Trinajstić information content (AvgIpc) is 2.36. The minimum absolute atomic E-state index is 0.374. The van der Waals surface area contributed by atoms with E-state index in [0.29, 0.717) is 18.9 Å². The summed E-state index contributed by atoms with van der Waals surface area (Å²) in [7, 11) is 6.36. The Morgan fingerprint density at radius 2 is 1.39 bits per heavy atom. The van der Waals surface area contributed by atoms with Crippen molar-refractivity contribution in [3.63, 3.8) is 0 Å². The molecule has 0 amide bonds. The van der Waals surface area contributed by atoms with E-state index in [1.165, 1.54) is 0 Å². The SMILES string of the molecule is COCc1nc(C)c(C(OC)OC)nc1COC. The third-order valence-electron chi connectivity index (χ3n) is 2.48. The molecule has 0 aromatic carbocycles. The molecule has 0 N–H and O–H groups in total. The Kier molecular flexibility index (Phi) is 6.14. The smallest absolute Gasteiger partial charge is 0.202 e. The Morgan fingerprint density at radius 3 is 1.83 bits per heavy atom. The maximum absolute atomic E-state index is 5.20. The third-order valence-corrected chi connectivity index (χ3v) is 2.48. The molecule has 0 saturated carbocycles. The van der Waals surface area contributed by atoms with Crippen molar-refractivity contribution in [2.45, 2.75) is 26.4 Å². The van der Waals surface area contributed by atoms with Crippen molar-refractivity contribution in [1.82, 2.24) is 9.97 Å². The van der Waals surface area contributed by atoms with E-state index in [4.69, 9.17) is 18.9 Å². The summed E-state index contributed by atoms with van der Waals surface area (Å²) in [5.74, 6) is 0. The van der Waals surface area contributed by atoms with Crippen LogP contribution in [0.2, 0.25) is 0 Å². The van der Waals surface area contributed by atoms with Crippen molar-refractivity contribution in [3.05, 3.63) is 22.8 Å². The fraction of sp³-hybridized carbons (Fsp3) is 0.667. The minimum atomic E-state index is -0.523. The van der Waals surface area contributed by atoms with Crippen LogP contribution >= 0.6 is 0 Å². The van der Waals surface area contributed by atoms with E-state index in [1.807, 2.05) is 6.92 Å². The lowest BCUT2D eigenvalue weighted by Crippen LogP contribution is -2.14. The number of rotatable bonds is 7. The van der Waals surface area contributed by atoms with E-state index < -0.39 is 6.29 Å². The van der Waals surface area contributed by atoms with Gasteiger partial charge in [-0.3, -0.25) is 4.98 Å². The fourth-order valence-corrected chi connectivity index (χ4v) is 1.66. The number of aryl methyl sites for hydroxylation is 1. The molecule has 0 spiro atoms. The Labute approximate surface area is 107 Å². The van der Waals surface area contributed by atoms with Crippen LogP contribution in [0.3, 0.4) is 0 Å². The first-order valence-electron chi connectivity index (χ1n) is 5.57. The Hall–Kier alpha value is -1.08. The molecule has 1 rings (SSSR count). The van der Waals surface area contributed by atoms with Crippen LogP contribution in [0.4, 0.5) is 0 Å². The van der Waals surface area contributed by atoms with E-state index >= 15 is 0 Å². The molecule has 0 bridgehead atoms. The lowest BCUT2D eigenvalue weighted by atomic mass is 10.2. The Bertz CT molecular complexity index is 381. The molecule has 0 unspecified atom stereocenters. The zero-order chi connectivity index (χ0) is 13.5. The van der Waals surface area contributed by atoms with Gasteiger partial charge in [0.1, 0.15) is 5.69 Å². The molecule has 0 atom stereocenters. The zero-order valence-corrected chi connectivity index (χ0v) is 11.5. The van der Waals surface area contributed by atoms with Gasteiger partial charge >= 0.3 is 0 Å². The van der Waals surface area contributed by atoms with Crippen molar-refractivity contribution < 1.29 is 18.9 Å². The molecule has 1 aromatic heterocycles. The molecule has 0 fully saturated rings. The van der Waals surface area contributed by atoms with Crippen LogP contribution < -0.4 is 0 Å². The number of hydrogen-bond acceptors (Lipinski definition) is 6. The molecule has 18 heavy (non-hydrogen) atoms. The van der Waals surface area contributed by atoms with Crippen LogP contribution in [0.1, 0.15) is 29.1 Å². The first-order chi connectivity index (χ1) is 8.67. The monoisotopic (exact) mass is 256 g/mol. The highest BCUT2D eigenvalue weighted by molar-refractivity contribution is 5.20. The quantitative estimate of drug-likeness (QED) is 0.687. The normalized spacial score (nSPS) is 11.2. The molecule has 102 valence electrons. The first-order valence-corrected chi connectivity index (χ1v) is 5.57. The molecule has 0 aliphatic heterocycles. The van der Waals surface area contributed by atoms with Gasteiger partial charge < -0.3 is 18.9 Å². The highest BCUT2D eigenvalue weighted by Crippen LogP contribution is 2.20. The molecule has 1 aromatic rings. The van der Waals surface area contributed by atoms with Crippen LogP contribution in [-0.2, 0) is 32.2 Å². The maximum atomic E-state index is 5.20. The average molecular weight is 256 g/mol. The van der Waals surface area contributed by atoms with Gasteiger partial charge in [-0.15, -0.1) is 0 Å². The van der Waals surface area contributed by atoms with E-state index in [9.17, 15) is 0 Å². The highest BCUT2D eigenvalue weighted by atomic mass is 16.7. The topological polar surface area (TPSA) is 62.7 Å². The van der Waals surface area contributed by atoms with E-state index in [0.717, 1.165) is 17.1 Å². The summed E-state index contributed by atoms with van der Waals surface area (Å²) in [6.45, 7) is 2.64. The number of methoxy groups -OCH3 is 4. The van der Waals surface area contributed by atoms with Crippen LogP contribution in [0.5, 0.6) is 0 Å². The molecule has 6 heteroatoms. The number of ether oxygens (including phenoxy) is 4. The second-order valence-electron chi connectivity index (χ2n) is 3.76. The van der Waals surface area contributed by atoms with Gasteiger partial charge in [0.25, 0.3) is 0 Å². The van der Waals surface area contributed by atoms with Crippen LogP contribution in [-0.4, -0.2) is 38.4 Å². The second kappa shape index (κ2) is 7.38. The number of nitrogens with zero attached hydrogens (tertiary/aromatic N) is 2. The van der Waals surface area contributed by atoms with Gasteiger partial charge in [-0.1, -0.05) is 0 Å². The van der Waals surface area contributed by atoms with E-state index in [1.54, 1.807) is 28.4 Å². The van der Waals surface area contributed by atoms with Crippen LogP contribution in [0.15, 0.2) is 0 Å². The number of aromatic nitrogens is 2. The predicted octanol–water partition coefficient (Wildman–Crippen LogP) is 1.37. The molecular formula is C12H20N2O4. The van der Waals surface area contributed by atoms with E-state index in [-0.39, 0.29) is 0 Å². The van der Waals surface area contributed by atoms with Crippen LogP contribution in [0, 0.1) is 6.92 Å². The second-order valence-corrected chi connectivity index (χ2v) is 3.76. The van der Waals surface area contributed by atoms with Crippen molar-refractivity contribution in [2.24, 2.45) is 0 Å². The summed E-state index contributed by atoms with van der Waals surface area (Å²) in [6.07, 6.45) is -0.523. The van der Waals surface area contributed by atoms with Crippen molar-refractivity contribution in [3.8, 4) is 0 Å². The molecular weight excluding hydrogens is 236 g/mol. The Morgan fingerprint density at radius 1 is 0.889 bits per heavy atom. The molecule has 0 aliphatic carbocycles.